The van der Waals surface area contributed by atoms with Crippen LogP contribution in [-0.2, 0) is 4.79 Å². The van der Waals surface area contributed by atoms with Gasteiger partial charge in [-0.25, -0.2) is 4.79 Å². The lowest BCUT2D eigenvalue weighted by atomic mass is 10.1. The molecule has 0 saturated carbocycles. The van der Waals surface area contributed by atoms with Crippen LogP contribution in [0.3, 0.4) is 0 Å². The van der Waals surface area contributed by atoms with Gasteiger partial charge in [-0.1, -0.05) is 6.07 Å². The maximum absolute atomic E-state index is 11.0. The fourth-order valence-electron chi connectivity index (χ4n) is 1.49. The summed E-state index contributed by atoms with van der Waals surface area (Å²) in [6.45, 7) is 4.44. The van der Waals surface area contributed by atoms with Crippen molar-refractivity contribution in [2.24, 2.45) is 5.73 Å². The number of nitrogens with two attached hydrogens (primary N) is 1. The van der Waals surface area contributed by atoms with Crippen molar-refractivity contribution >= 4 is 5.97 Å². The number of carbonyl (C=O) groups is 1. The summed E-state index contributed by atoms with van der Waals surface area (Å²) in [6, 6.07) is 5.57. The standard InChI is InChI=1S/C13H19NO3/c1-9-5-6-11(8-10(9)2)17-12(13(15)16)4-3-7-14/h5-6,8,12H,3-4,7,14H2,1-2H3,(H,15,16). The van der Waals surface area contributed by atoms with E-state index in [1.807, 2.05) is 26.0 Å². The topological polar surface area (TPSA) is 72.5 Å². The number of aryl methyl sites for hydroxylation is 2. The van der Waals surface area contributed by atoms with Crippen LogP contribution in [-0.4, -0.2) is 23.7 Å². The summed E-state index contributed by atoms with van der Waals surface area (Å²) in [7, 11) is 0. The van der Waals surface area contributed by atoms with Gasteiger partial charge in [0.15, 0.2) is 6.10 Å². The van der Waals surface area contributed by atoms with Crippen molar-refractivity contribution in [2.45, 2.75) is 32.8 Å². The second-order valence-electron chi connectivity index (χ2n) is 4.12. The number of aliphatic carboxylic acids is 1. The lowest BCUT2D eigenvalue weighted by Gasteiger charge is -2.15. The summed E-state index contributed by atoms with van der Waals surface area (Å²) in [4.78, 5) is 11.0. The molecule has 1 rings (SSSR count). The maximum Gasteiger partial charge on any atom is 0.344 e. The second-order valence-corrected chi connectivity index (χ2v) is 4.12. The third-order valence-electron chi connectivity index (χ3n) is 2.70. The van der Waals surface area contributed by atoms with Crippen LogP contribution in [0.5, 0.6) is 5.75 Å². The Balaban J connectivity index is 2.71. The van der Waals surface area contributed by atoms with Gasteiger partial charge in [0.2, 0.25) is 0 Å². The molecule has 0 radical (unpaired) electrons. The Bertz CT molecular complexity index is 390. The number of rotatable bonds is 6. The van der Waals surface area contributed by atoms with Gasteiger partial charge in [0.25, 0.3) is 0 Å². The van der Waals surface area contributed by atoms with Crippen LogP contribution in [0, 0.1) is 13.8 Å². The normalized spacial score (nSPS) is 12.2. The van der Waals surface area contributed by atoms with E-state index in [4.69, 9.17) is 15.6 Å². The smallest absolute Gasteiger partial charge is 0.344 e. The summed E-state index contributed by atoms with van der Waals surface area (Å²) < 4.78 is 5.46. The number of ether oxygens (including phenoxy) is 1. The van der Waals surface area contributed by atoms with Gasteiger partial charge in [0, 0.05) is 0 Å². The van der Waals surface area contributed by atoms with Crippen LogP contribution < -0.4 is 10.5 Å². The quantitative estimate of drug-likeness (QED) is 0.792. The maximum atomic E-state index is 11.0. The van der Waals surface area contributed by atoms with E-state index in [2.05, 4.69) is 0 Å². The van der Waals surface area contributed by atoms with E-state index in [0.717, 1.165) is 11.1 Å². The van der Waals surface area contributed by atoms with E-state index in [-0.39, 0.29) is 0 Å². The predicted octanol–water partition coefficient (Wildman–Crippen LogP) is 1.87. The van der Waals surface area contributed by atoms with Crippen molar-refractivity contribution in [2.75, 3.05) is 6.54 Å². The highest BCUT2D eigenvalue weighted by molar-refractivity contribution is 5.72. The van der Waals surface area contributed by atoms with Gasteiger partial charge in [0.1, 0.15) is 5.75 Å². The molecule has 94 valence electrons. The average Bonchev–Trinajstić information content (AvgIpc) is 2.28. The lowest BCUT2D eigenvalue weighted by molar-refractivity contribution is -0.145. The molecule has 0 heterocycles. The van der Waals surface area contributed by atoms with Gasteiger partial charge in [-0.05, 0) is 56.5 Å². The summed E-state index contributed by atoms with van der Waals surface area (Å²) in [6.07, 6.45) is 0.251. The SMILES string of the molecule is Cc1ccc(OC(CCCN)C(=O)O)cc1C. The van der Waals surface area contributed by atoms with E-state index >= 15 is 0 Å². The zero-order valence-electron chi connectivity index (χ0n) is 10.3. The van der Waals surface area contributed by atoms with Crippen molar-refractivity contribution in [1.82, 2.24) is 0 Å². The third kappa shape index (κ3) is 4.07. The largest absolute Gasteiger partial charge is 0.479 e. The fourth-order valence-corrected chi connectivity index (χ4v) is 1.49. The zero-order valence-corrected chi connectivity index (χ0v) is 10.3. The first kappa shape index (κ1) is 13.5. The molecule has 1 unspecified atom stereocenters. The van der Waals surface area contributed by atoms with Crippen molar-refractivity contribution in [1.29, 1.82) is 0 Å². The highest BCUT2D eigenvalue weighted by Gasteiger charge is 2.18. The molecule has 0 bridgehead atoms. The first-order chi connectivity index (χ1) is 8.04. The molecule has 0 saturated heterocycles. The van der Waals surface area contributed by atoms with Gasteiger partial charge in [0.05, 0.1) is 0 Å². The van der Waals surface area contributed by atoms with E-state index in [1.54, 1.807) is 6.07 Å². The van der Waals surface area contributed by atoms with Gasteiger partial charge < -0.3 is 15.6 Å². The molecule has 0 aliphatic heterocycles. The minimum absolute atomic E-state index is 0.429. The number of carboxylic acid groups (broad SMARTS) is 1. The van der Waals surface area contributed by atoms with E-state index in [1.165, 1.54) is 0 Å². The Morgan fingerprint density at radius 2 is 2.12 bits per heavy atom. The van der Waals surface area contributed by atoms with Crippen LogP contribution in [0.4, 0.5) is 0 Å². The summed E-state index contributed by atoms with van der Waals surface area (Å²) >= 11 is 0. The molecular weight excluding hydrogens is 218 g/mol. The molecule has 3 N–H and O–H groups in total. The number of hydrogen-bond acceptors (Lipinski definition) is 3. The molecule has 1 aromatic carbocycles. The molecule has 4 nitrogen and oxygen atoms in total. The summed E-state index contributed by atoms with van der Waals surface area (Å²) in [5.74, 6) is -0.353. The Kier molecular flexibility index (Phi) is 4.97. The molecule has 0 aliphatic rings. The van der Waals surface area contributed by atoms with Gasteiger partial charge in [-0.15, -0.1) is 0 Å². The molecule has 0 amide bonds. The van der Waals surface area contributed by atoms with Crippen molar-refractivity contribution < 1.29 is 14.6 Å². The Morgan fingerprint density at radius 1 is 1.41 bits per heavy atom. The summed E-state index contributed by atoms with van der Waals surface area (Å²) in [5, 5.41) is 9.02. The van der Waals surface area contributed by atoms with Crippen molar-refractivity contribution in [3.05, 3.63) is 29.3 Å². The number of benzene rings is 1. The zero-order chi connectivity index (χ0) is 12.8. The number of hydrogen-bond donors (Lipinski definition) is 2. The minimum atomic E-state index is -0.948. The fraction of sp³-hybridized carbons (Fsp3) is 0.462. The second kappa shape index (κ2) is 6.25. The first-order valence-electron chi connectivity index (χ1n) is 5.71. The lowest BCUT2D eigenvalue weighted by Crippen LogP contribution is -2.27. The molecule has 17 heavy (non-hydrogen) atoms. The van der Waals surface area contributed by atoms with Crippen molar-refractivity contribution in [3.63, 3.8) is 0 Å². The van der Waals surface area contributed by atoms with Gasteiger partial charge in [-0.2, -0.15) is 0 Å². The highest BCUT2D eigenvalue weighted by Crippen LogP contribution is 2.19. The van der Waals surface area contributed by atoms with Crippen LogP contribution in [0.1, 0.15) is 24.0 Å². The highest BCUT2D eigenvalue weighted by atomic mass is 16.5. The molecule has 0 spiro atoms. The van der Waals surface area contributed by atoms with Crippen molar-refractivity contribution in [3.8, 4) is 5.75 Å². The molecule has 4 heteroatoms. The third-order valence-corrected chi connectivity index (χ3v) is 2.70. The molecular formula is C13H19NO3. The molecule has 1 aromatic rings. The first-order valence-corrected chi connectivity index (χ1v) is 5.71. The molecule has 0 aliphatic carbocycles. The summed E-state index contributed by atoms with van der Waals surface area (Å²) in [5.41, 5.74) is 7.61. The minimum Gasteiger partial charge on any atom is -0.479 e. The number of carboxylic acids is 1. The Labute approximate surface area is 101 Å². The molecule has 0 aromatic heterocycles. The van der Waals surface area contributed by atoms with Crippen LogP contribution in [0.2, 0.25) is 0 Å². The van der Waals surface area contributed by atoms with Crippen LogP contribution >= 0.6 is 0 Å². The predicted molar refractivity (Wildman–Crippen MR) is 66.3 cm³/mol. The Hall–Kier alpha value is -1.55. The van der Waals surface area contributed by atoms with Gasteiger partial charge >= 0.3 is 5.97 Å². The Morgan fingerprint density at radius 3 is 2.65 bits per heavy atom. The van der Waals surface area contributed by atoms with Gasteiger partial charge in [-0.3, -0.25) is 0 Å². The van der Waals surface area contributed by atoms with E-state index in [0.29, 0.717) is 25.1 Å². The average molecular weight is 237 g/mol. The van der Waals surface area contributed by atoms with E-state index < -0.39 is 12.1 Å². The monoisotopic (exact) mass is 237 g/mol. The van der Waals surface area contributed by atoms with Crippen LogP contribution in [0.15, 0.2) is 18.2 Å². The van der Waals surface area contributed by atoms with E-state index in [9.17, 15) is 4.79 Å². The molecule has 0 fully saturated rings. The molecule has 1 atom stereocenters. The van der Waals surface area contributed by atoms with Crippen LogP contribution in [0.25, 0.3) is 0 Å².